The number of aromatic nitrogens is 2. The van der Waals surface area contributed by atoms with E-state index in [-0.39, 0.29) is 18.0 Å². The number of piperidine rings is 1. The number of nitrogens with zero attached hydrogens (tertiary/aromatic N) is 5. The number of carbonyl (C=O) groups is 1. The van der Waals surface area contributed by atoms with Gasteiger partial charge in [-0.2, -0.15) is 0 Å². The fourth-order valence-corrected chi connectivity index (χ4v) is 6.01. The second-order valence-corrected chi connectivity index (χ2v) is 10.6. The number of thioether (sulfide) groups is 1. The lowest BCUT2D eigenvalue weighted by Crippen LogP contribution is -2.63. The maximum Gasteiger partial charge on any atom is 0.274 e. The van der Waals surface area contributed by atoms with Crippen molar-refractivity contribution in [1.29, 1.82) is 0 Å². The number of anilines is 1. The summed E-state index contributed by atoms with van der Waals surface area (Å²) in [6.07, 6.45) is 0.305. The zero-order valence-electron chi connectivity index (χ0n) is 20.4. The first-order chi connectivity index (χ1) is 17.8. The van der Waals surface area contributed by atoms with Crippen molar-refractivity contribution < 1.29 is 23.5 Å². The molecule has 2 N–H and O–H groups in total. The van der Waals surface area contributed by atoms with Crippen molar-refractivity contribution >= 4 is 52.9 Å². The van der Waals surface area contributed by atoms with E-state index in [2.05, 4.69) is 37.0 Å². The number of aliphatic hydroxyl groups is 1. The number of hydrogen-bond donors (Lipinski definition) is 2. The van der Waals surface area contributed by atoms with Crippen LogP contribution in [0.2, 0.25) is 0 Å². The standard InChI is InChI=1S/C24H28F2N6O3S2/c1-13-22(37-23(30-13)14(2)33)19(27-3)11-36-12-29-21-5-4-15(9-28-21)24(34)32-17-6-16(7-18(32)8-17)31-35-10-20(25)26/h4-5,9,11,14,17-18,20,33H,3,6-8,10,12H2,1-2H3,(H,28,29)/b19-11-,31-16?/t14?,17-,18+. The van der Waals surface area contributed by atoms with Crippen molar-refractivity contribution in [3.05, 3.63) is 44.9 Å². The molecule has 198 valence electrons. The van der Waals surface area contributed by atoms with Crippen molar-refractivity contribution in [2.75, 3.05) is 17.8 Å². The third-order valence-electron chi connectivity index (χ3n) is 6.02. The van der Waals surface area contributed by atoms with Gasteiger partial charge in [0, 0.05) is 31.1 Å². The highest BCUT2D eigenvalue weighted by Crippen LogP contribution is 2.38. The van der Waals surface area contributed by atoms with Gasteiger partial charge in [-0.1, -0.05) is 5.16 Å². The highest BCUT2D eigenvalue weighted by molar-refractivity contribution is 8.02. The van der Waals surface area contributed by atoms with Crippen LogP contribution < -0.4 is 5.32 Å². The Morgan fingerprint density at radius 2 is 2.19 bits per heavy atom. The normalized spacial score (nSPS) is 21.1. The molecule has 4 rings (SSSR count). The monoisotopic (exact) mass is 550 g/mol. The maximum atomic E-state index is 13.0. The van der Waals surface area contributed by atoms with Gasteiger partial charge in [0.25, 0.3) is 12.3 Å². The molecule has 2 aromatic heterocycles. The molecular formula is C24H28F2N6O3S2. The summed E-state index contributed by atoms with van der Waals surface area (Å²) in [6.45, 7) is 6.47. The Labute approximate surface area is 221 Å². The number of rotatable bonds is 11. The summed E-state index contributed by atoms with van der Waals surface area (Å²) < 4.78 is 24.4. The summed E-state index contributed by atoms with van der Waals surface area (Å²) in [4.78, 5) is 33.2. The van der Waals surface area contributed by atoms with Crippen LogP contribution in [0.4, 0.5) is 14.6 Å². The topological polar surface area (TPSA) is 112 Å². The number of alkyl halides is 2. The molecule has 2 aliphatic rings. The Hall–Kier alpha value is -2.90. The van der Waals surface area contributed by atoms with Gasteiger partial charge < -0.3 is 20.2 Å². The van der Waals surface area contributed by atoms with Gasteiger partial charge in [-0.15, -0.1) is 23.1 Å². The van der Waals surface area contributed by atoms with E-state index in [0.29, 0.717) is 40.8 Å². The molecule has 0 aliphatic carbocycles. The summed E-state index contributed by atoms with van der Waals surface area (Å²) in [5, 5.41) is 19.3. The lowest BCUT2D eigenvalue weighted by molar-refractivity contribution is 0.00447. The Kier molecular flexibility index (Phi) is 8.87. The van der Waals surface area contributed by atoms with Gasteiger partial charge in [0.1, 0.15) is 16.9 Å². The molecule has 13 heteroatoms. The van der Waals surface area contributed by atoms with E-state index in [1.807, 2.05) is 17.2 Å². The van der Waals surface area contributed by atoms with Crippen LogP contribution in [-0.4, -0.2) is 69.3 Å². The van der Waals surface area contributed by atoms with E-state index in [9.17, 15) is 18.7 Å². The lowest BCUT2D eigenvalue weighted by atomic mass is 9.78. The fourth-order valence-electron chi connectivity index (χ4n) is 4.29. The van der Waals surface area contributed by atoms with Crippen molar-refractivity contribution in [1.82, 2.24) is 14.9 Å². The number of halogens is 2. The largest absolute Gasteiger partial charge is 0.390 e. The number of pyridine rings is 1. The van der Waals surface area contributed by atoms with Gasteiger partial charge in [0.2, 0.25) is 0 Å². The zero-order chi connectivity index (χ0) is 26.5. The van der Waals surface area contributed by atoms with Gasteiger partial charge >= 0.3 is 0 Å². The fraction of sp³-hybridized carbons (Fsp3) is 0.458. The van der Waals surface area contributed by atoms with Crippen LogP contribution in [0, 0.1) is 6.92 Å². The maximum absolute atomic E-state index is 13.0. The lowest BCUT2D eigenvalue weighted by Gasteiger charge is -2.52. The first kappa shape index (κ1) is 27.1. The molecule has 0 aromatic carbocycles. The number of hydrogen-bond acceptors (Lipinski definition) is 10. The van der Waals surface area contributed by atoms with E-state index in [1.165, 1.54) is 23.1 Å². The Bertz CT molecular complexity index is 1170. The minimum absolute atomic E-state index is 0.00709. The van der Waals surface area contributed by atoms with E-state index in [1.54, 1.807) is 25.3 Å². The van der Waals surface area contributed by atoms with Crippen LogP contribution in [0.15, 0.2) is 33.9 Å². The molecule has 2 fully saturated rings. The molecule has 2 saturated heterocycles. The molecule has 37 heavy (non-hydrogen) atoms. The second-order valence-electron chi connectivity index (χ2n) is 8.73. The van der Waals surface area contributed by atoms with Crippen LogP contribution in [0.3, 0.4) is 0 Å². The quantitative estimate of drug-likeness (QED) is 0.180. The average molecular weight is 551 g/mol. The minimum Gasteiger partial charge on any atom is -0.390 e. The van der Waals surface area contributed by atoms with Gasteiger partial charge in [-0.25, -0.2) is 18.7 Å². The highest BCUT2D eigenvalue weighted by atomic mass is 32.2. The molecule has 2 aromatic rings. The molecule has 9 nitrogen and oxygen atoms in total. The van der Waals surface area contributed by atoms with Crippen LogP contribution in [-0.2, 0) is 4.84 Å². The van der Waals surface area contributed by atoms with Gasteiger partial charge in [-0.3, -0.25) is 9.79 Å². The predicted molar refractivity (Wildman–Crippen MR) is 142 cm³/mol. The number of thiazole rings is 1. The Morgan fingerprint density at radius 3 is 2.78 bits per heavy atom. The predicted octanol–water partition coefficient (Wildman–Crippen LogP) is 4.72. The van der Waals surface area contributed by atoms with Crippen molar-refractivity contribution in [2.24, 2.45) is 10.1 Å². The first-order valence-corrected chi connectivity index (χ1v) is 13.6. The molecule has 0 saturated carbocycles. The van der Waals surface area contributed by atoms with Gasteiger partial charge in [-0.05, 0) is 44.5 Å². The molecule has 0 radical (unpaired) electrons. The third-order valence-corrected chi connectivity index (χ3v) is 8.07. The van der Waals surface area contributed by atoms with Crippen molar-refractivity contribution in [3.8, 4) is 0 Å². The SMILES string of the molecule is C=N/C(=C\SCNc1ccc(C(=O)N2[C@@H]3CC(=NOCC(F)F)C[C@H]2C3)cn1)c1sc(C(C)O)nc1C. The zero-order valence-corrected chi connectivity index (χ0v) is 22.1. The van der Waals surface area contributed by atoms with E-state index in [4.69, 9.17) is 0 Å². The third kappa shape index (κ3) is 6.51. The number of carbonyl (C=O) groups excluding carboxylic acids is 1. The number of aliphatic hydroxyl groups excluding tert-OH is 1. The van der Waals surface area contributed by atoms with E-state index >= 15 is 0 Å². The molecule has 2 bridgehead atoms. The molecule has 4 heterocycles. The molecular weight excluding hydrogens is 522 g/mol. The van der Waals surface area contributed by atoms with Crippen molar-refractivity contribution in [3.63, 3.8) is 0 Å². The smallest absolute Gasteiger partial charge is 0.274 e. The van der Waals surface area contributed by atoms with Gasteiger partial charge in [0.05, 0.1) is 33.4 Å². The molecule has 1 unspecified atom stereocenters. The molecule has 0 spiro atoms. The summed E-state index contributed by atoms with van der Waals surface area (Å²) in [5.74, 6) is 1.06. The number of nitrogens with one attached hydrogen (secondary N) is 1. The van der Waals surface area contributed by atoms with Crippen LogP contribution in [0.5, 0.6) is 0 Å². The number of aliphatic imine (C=N–C) groups is 1. The van der Waals surface area contributed by atoms with Gasteiger partial charge in [0.15, 0.2) is 6.61 Å². The number of aryl methyl sites for hydroxylation is 1. The number of amides is 1. The summed E-state index contributed by atoms with van der Waals surface area (Å²) in [6, 6.07) is 3.51. The number of fused-ring (bicyclic) bond motifs is 2. The minimum atomic E-state index is -2.56. The highest BCUT2D eigenvalue weighted by Gasteiger charge is 2.47. The average Bonchev–Trinajstić information content (AvgIpc) is 3.26. The first-order valence-electron chi connectivity index (χ1n) is 11.7. The Morgan fingerprint density at radius 1 is 1.43 bits per heavy atom. The molecule has 2 aliphatic heterocycles. The summed E-state index contributed by atoms with van der Waals surface area (Å²) >= 11 is 2.87. The van der Waals surface area contributed by atoms with Crippen LogP contribution >= 0.6 is 23.1 Å². The Balaban J connectivity index is 1.27. The summed E-state index contributed by atoms with van der Waals surface area (Å²) in [5.41, 5.74) is 2.70. The van der Waals surface area contributed by atoms with E-state index < -0.39 is 19.1 Å². The summed E-state index contributed by atoms with van der Waals surface area (Å²) in [7, 11) is 0. The number of oxime groups is 1. The van der Waals surface area contributed by atoms with Crippen molar-refractivity contribution in [2.45, 2.75) is 57.7 Å². The van der Waals surface area contributed by atoms with E-state index in [0.717, 1.165) is 22.7 Å². The van der Waals surface area contributed by atoms with Crippen LogP contribution in [0.1, 0.15) is 58.2 Å². The molecule has 1 amide bonds. The second kappa shape index (κ2) is 12.1. The van der Waals surface area contributed by atoms with Crippen LogP contribution in [0.25, 0.3) is 5.70 Å². The molecule has 3 atom stereocenters.